The molecule has 0 spiro atoms. The number of rotatable bonds is 15. The van der Waals surface area contributed by atoms with E-state index in [-0.39, 0.29) is 31.6 Å². The minimum Gasteiger partial charge on any atom is -0.481 e. The molecular formula is C19H32N4O9. The summed E-state index contributed by atoms with van der Waals surface area (Å²) in [5.74, 6) is -6.09. The Kier molecular flexibility index (Phi) is 12.6. The van der Waals surface area contributed by atoms with Gasteiger partial charge in [-0.25, -0.2) is 4.79 Å². The third kappa shape index (κ3) is 11.8. The monoisotopic (exact) mass is 460 g/mol. The van der Waals surface area contributed by atoms with Crippen LogP contribution in [0.25, 0.3) is 0 Å². The largest absolute Gasteiger partial charge is 0.481 e. The van der Waals surface area contributed by atoms with Crippen molar-refractivity contribution in [3.8, 4) is 0 Å². The van der Waals surface area contributed by atoms with Crippen molar-refractivity contribution in [3.05, 3.63) is 0 Å². The molecule has 8 N–H and O–H groups in total. The molecule has 4 atom stereocenters. The summed E-state index contributed by atoms with van der Waals surface area (Å²) in [7, 11) is 0. The zero-order valence-corrected chi connectivity index (χ0v) is 18.3. The molecule has 0 aromatic carbocycles. The Bertz CT molecular complexity index is 711. The summed E-state index contributed by atoms with van der Waals surface area (Å²) >= 11 is 0. The maximum atomic E-state index is 12.6. The molecule has 0 bridgehead atoms. The number of carboxylic acids is 3. The van der Waals surface area contributed by atoms with Gasteiger partial charge in [0.2, 0.25) is 17.7 Å². The fourth-order valence-corrected chi connectivity index (χ4v) is 2.59. The first-order chi connectivity index (χ1) is 14.7. The zero-order chi connectivity index (χ0) is 25.0. The fraction of sp³-hybridized carbons (Fsp3) is 0.684. The first-order valence-electron chi connectivity index (χ1n) is 10.1. The van der Waals surface area contributed by atoms with E-state index in [1.165, 1.54) is 6.92 Å². The van der Waals surface area contributed by atoms with Crippen molar-refractivity contribution in [3.63, 3.8) is 0 Å². The molecule has 13 heteroatoms. The van der Waals surface area contributed by atoms with E-state index in [4.69, 9.17) is 15.9 Å². The highest BCUT2D eigenvalue weighted by Gasteiger charge is 2.29. The van der Waals surface area contributed by atoms with Crippen LogP contribution in [0.1, 0.15) is 52.9 Å². The smallest absolute Gasteiger partial charge is 0.326 e. The van der Waals surface area contributed by atoms with E-state index in [1.54, 1.807) is 13.8 Å². The second-order valence-electron chi connectivity index (χ2n) is 7.79. The molecule has 0 aromatic rings. The number of aliphatic carboxylic acids is 3. The summed E-state index contributed by atoms with van der Waals surface area (Å²) in [6.07, 6.45) is -1.09. The average molecular weight is 460 g/mol. The van der Waals surface area contributed by atoms with Gasteiger partial charge in [-0.15, -0.1) is 0 Å². The first kappa shape index (κ1) is 28.8. The van der Waals surface area contributed by atoms with E-state index < -0.39 is 66.2 Å². The van der Waals surface area contributed by atoms with Gasteiger partial charge >= 0.3 is 17.9 Å². The predicted octanol–water partition coefficient (Wildman–Crippen LogP) is -1.35. The van der Waals surface area contributed by atoms with Crippen LogP contribution in [0.3, 0.4) is 0 Å². The summed E-state index contributed by atoms with van der Waals surface area (Å²) in [5, 5.41) is 33.6. The second-order valence-corrected chi connectivity index (χ2v) is 7.79. The van der Waals surface area contributed by atoms with Gasteiger partial charge in [0.05, 0.1) is 6.04 Å². The van der Waals surface area contributed by atoms with Crippen molar-refractivity contribution in [1.29, 1.82) is 0 Å². The van der Waals surface area contributed by atoms with Crippen molar-refractivity contribution in [2.45, 2.75) is 77.0 Å². The Labute approximate surface area is 185 Å². The van der Waals surface area contributed by atoms with Crippen molar-refractivity contribution in [2.24, 2.45) is 11.7 Å². The molecule has 0 fully saturated rings. The van der Waals surface area contributed by atoms with Crippen LogP contribution in [0.5, 0.6) is 0 Å². The average Bonchev–Trinajstić information content (AvgIpc) is 2.67. The second kappa shape index (κ2) is 14.0. The van der Waals surface area contributed by atoms with Gasteiger partial charge in [0.1, 0.15) is 18.1 Å². The SMILES string of the molecule is CC(C)C[C@H](NC(=O)[C@H](C)NC(=O)[C@@H](N)CCC(=O)O)C(=O)N[C@@H](CCC(=O)O)C(=O)O. The molecule has 0 radical (unpaired) electrons. The summed E-state index contributed by atoms with van der Waals surface area (Å²) in [6.45, 7) is 4.89. The Morgan fingerprint density at radius 2 is 1.22 bits per heavy atom. The van der Waals surface area contributed by atoms with Crippen LogP contribution < -0.4 is 21.7 Å². The van der Waals surface area contributed by atoms with Gasteiger partial charge in [-0.1, -0.05) is 13.8 Å². The van der Waals surface area contributed by atoms with Gasteiger partial charge < -0.3 is 37.0 Å². The number of hydrogen-bond donors (Lipinski definition) is 7. The number of nitrogens with two attached hydrogens (primary N) is 1. The molecule has 182 valence electrons. The summed E-state index contributed by atoms with van der Waals surface area (Å²) in [5.41, 5.74) is 5.59. The molecule has 13 nitrogen and oxygen atoms in total. The van der Waals surface area contributed by atoms with E-state index in [0.29, 0.717) is 0 Å². The number of carboxylic acid groups (broad SMARTS) is 3. The van der Waals surface area contributed by atoms with Crippen LogP contribution >= 0.6 is 0 Å². The maximum Gasteiger partial charge on any atom is 0.326 e. The van der Waals surface area contributed by atoms with E-state index in [0.717, 1.165) is 0 Å². The topological polar surface area (TPSA) is 225 Å². The lowest BCUT2D eigenvalue weighted by Gasteiger charge is -2.24. The molecule has 0 aromatic heterocycles. The molecule has 0 heterocycles. The van der Waals surface area contributed by atoms with Crippen molar-refractivity contribution < 1.29 is 44.1 Å². The predicted molar refractivity (Wildman–Crippen MR) is 110 cm³/mol. The molecule has 0 aliphatic rings. The minimum absolute atomic E-state index is 0.0670. The summed E-state index contributed by atoms with van der Waals surface area (Å²) in [4.78, 5) is 69.6. The molecule has 0 unspecified atom stereocenters. The van der Waals surface area contributed by atoms with Crippen molar-refractivity contribution in [1.82, 2.24) is 16.0 Å². The van der Waals surface area contributed by atoms with Crippen molar-refractivity contribution >= 4 is 35.6 Å². The Morgan fingerprint density at radius 3 is 1.69 bits per heavy atom. The molecule has 0 saturated heterocycles. The Balaban J connectivity index is 5.08. The van der Waals surface area contributed by atoms with E-state index in [2.05, 4.69) is 16.0 Å². The lowest BCUT2D eigenvalue weighted by Crippen LogP contribution is -2.56. The third-order valence-corrected chi connectivity index (χ3v) is 4.36. The number of nitrogens with one attached hydrogen (secondary N) is 3. The first-order valence-corrected chi connectivity index (χ1v) is 10.1. The number of carbonyl (C=O) groups excluding carboxylic acids is 3. The van der Waals surface area contributed by atoms with E-state index in [9.17, 15) is 33.9 Å². The van der Waals surface area contributed by atoms with Gasteiger partial charge in [-0.05, 0) is 32.1 Å². The standard InChI is InChI=1S/C19H32N4O9/c1-9(2)8-13(18(30)22-12(19(31)32)5-7-15(26)27)23-16(28)10(3)21-17(29)11(20)4-6-14(24)25/h9-13H,4-8,20H2,1-3H3,(H,21,29)(H,22,30)(H,23,28)(H,24,25)(H,26,27)(H,31,32)/t10-,11-,12-,13-/m0/s1. The van der Waals surface area contributed by atoms with E-state index >= 15 is 0 Å². The number of carbonyl (C=O) groups is 6. The molecule has 32 heavy (non-hydrogen) atoms. The molecule has 0 aliphatic heterocycles. The van der Waals surface area contributed by atoms with Crippen LogP contribution in [-0.2, 0) is 28.8 Å². The van der Waals surface area contributed by atoms with Gasteiger partial charge in [-0.2, -0.15) is 0 Å². The van der Waals surface area contributed by atoms with Crippen LogP contribution in [0.4, 0.5) is 0 Å². The van der Waals surface area contributed by atoms with E-state index in [1.807, 2.05) is 0 Å². The third-order valence-electron chi connectivity index (χ3n) is 4.36. The highest BCUT2D eigenvalue weighted by atomic mass is 16.4. The lowest BCUT2D eigenvalue weighted by atomic mass is 10.0. The van der Waals surface area contributed by atoms with Crippen LogP contribution in [0.2, 0.25) is 0 Å². The van der Waals surface area contributed by atoms with Crippen LogP contribution in [-0.4, -0.2) is 75.1 Å². The van der Waals surface area contributed by atoms with Crippen LogP contribution in [0, 0.1) is 5.92 Å². The van der Waals surface area contributed by atoms with Gasteiger partial charge in [0.15, 0.2) is 0 Å². The lowest BCUT2D eigenvalue weighted by molar-refractivity contribution is -0.143. The summed E-state index contributed by atoms with van der Waals surface area (Å²) in [6, 6.07) is -4.83. The van der Waals surface area contributed by atoms with Crippen LogP contribution in [0.15, 0.2) is 0 Å². The highest BCUT2D eigenvalue weighted by Crippen LogP contribution is 2.07. The molecule has 3 amide bonds. The normalized spacial score (nSPS) is 14.5. The Hall–Kier alpha value is -3.22. The molecule has 0 aliphatic carbocycles. The molecular weight excluding hydrogens is 428 g/mol. The summed E-state index contributed by atoms with van der Waals surface area (Å²) < 4.78 is 0. The Morgan fingerprint density at radius 1 is 0.719 bits per heavy atom. The molecule has 0 rings (SSSR count). The van der Waals surface area contributed by atoms with Crippen molar-refractivity contribution in [2.75, 3.05) is 0 Å². The number of amides is 3. The van der Waals surface area contributed by atoms with Gasteiger partial charge in [-0.3, -0.25) is 24.0 Å². The molecule has 0 saturated carbocycles. The van der Waals surface area contributed by atoms with Gasteiger partial charge in [0, 0.05) is 12.8 Å². The zero-order valence-electron chi connectivity index (χ0n) is 18.3. The minimum atomic E-state index is -1.45. The fourth-order valence-electron chi connectivity index (χ4n) is 2.59. The maximum absolute atomic E-state index is 12.6. The number of hydrogen-bond acceptors (Lipinski definition) is 7. The quantitative estimate of drug-likeness (QED) is 0.152. The highest BCUT2D eigenvalue weighted by molar-refractivity contribution is 5.94. The van der Waals surface area contributed by atoms with Gasteiger partial charge in [0.25, 0.3) is 0 Å².